The Morgan fingerprint density at radius 2 is 1.66 bits per heavy atom. The van der Waals surface area contributed by atoms with Crippen LogP contribution >= 0.6 is 11.8 Å². The summed E-state index contributed by atoms with van der Waals surface area (Å²) in [5, 5.41) is 10.6. The Morgan fingerprint density at radius 3 is 2.24 bits per heavy atom. The lowest BCUT2D eigenvalue weighted by molar-refractivity contribution is -0.384. The monoisotopic (exact) mass is 417 g/mol. The molecule has 2 aromatic rings. The molecule has 0 aliphatic carbocycles. The number of non-ortho nitro benzene ring substituents is 1. The second kappa shape index (κ2) is 11.0. The van der Waals surface area contributed by atoms with E-state index in [1.165, 1.54) is 43.0 Å². The van der Waals surface area contributed by atoms with Crippen LogP contribution in [-0.2, 0) is 25.7 Å². The van der Waals surface area contributed by atoms with Gasteiger partial charge in [-0.2, -0.15) is 0 Å². The van der Waals surface area contributed by atoms with Crippen LogP contribution in [0.4, 0.5) is 5.69 Å². The van der Waals surface area contributed by atoms with E-state index in [2.05, 4.69) is 0 Å². The molecule has 2 rings (SSSR count). The first kappa shape index (κ1) is 22.1. The van der Waals surface area contributed by atoms with Gasteiger partial charge in [-0.15, -0.1) is 11.8 Å². The van der Waals surface area contributed by atoms with Gasteiger partial charge in [0.05, 0.1) is 4.92 Å². The van der Waals surface area contributed by atoms with Crippen LogP contribution in [0, 0.1) is 10.1 Å². The molecule has 29 heavy (non-hydrogen) atoms. The Bertz CT molecular complexity index is 879. The van der Waals surface area contributed by atoms with E-state index in [4.69, 9.17) is 9.47 Å². The van der Waals surface area contributed by atoms with Crippen LogP contribution in [-0.4, -0.2) is 35.0 Å². The number of ketones is 1. The minimum atomic E-state index is -0.673. The van der Waals surface area contributed by atoms with Crippen molar-refractivity contribution in [1.29, 1.82) is 0 Å². The lowest BCUT2D eigenvalue weighted by Crippen LogP contribution is -2.11. The van der Waals surface area contributed by atoms with Crippen LogP contribution in [0.25, 0.3) is 0 Å². The van der Waals surface area contributed by atoms with Crippen molar-refractivity contribution in [3.8, 4) is 0 Å². The molecule has 8 nitrogen and oxygen atoms in total. The first-order valence-corrected chi connectivity index (χ1v) is 9.62. The Hall–Kier alpha value is -3.20. The molecule has 0 heterocycles. The molecule has 0 saturated carbocycles. The summed E-state index contributed by atoms with van der Waals surface area (Å²) < 4.78 is 9.90. The van der Waals surface area contributed by atoms with Crippen LogP contribution in [0.1, 0.15) is 29.3 Å². The van der Waals surface area contributed by atoms with Gasteiger partial charge in [-0.25, -0.2) is 0 Å². The van der Waals surface area contributed by atoms with Crippen molar-refractivity contribution in [2.24, 2.45) is 0 Å². The van der Waals surface area contributed by atoms with Gasteiger partial charge in [0.1, 0.15) is 19.6 Å². The molecule has 152 valence electrons. The molecule has 0 amide bonds. The summed E-state index contributed by atoms with van der Waals surface area (Å²) in [4.78, 5) is 45.8. The van der Waals surface area contributed by atoms with Crippen molar-refractivity contribution in [2.45, 2.75) is 24.8 Å². The highest BCUT2D eigenvalue weighted by Gasteiger charge is 2.14. The highest BCUT2D eigenvalue weighted by molar-refractivity contribution is 7.99. The zero-order valence-electron chi connectivity index (χ0n) is 15.7. The second-order valence-corrected chi connectivity index (χ2v) is 7.07. The molecule has 0 aliphatic rings. The number of hydrogen-bond donors (Lipinski definition) is 0. The molecule has 0 aromatic heterocycles. The summed E-state index contributed by atoms with van der Waals surface area (Å²) in [5.41, 5.74) is 0.927. The third kappa shape index (κ3) is 7.74. The number of esters is 2. The Morgan fingerprint density at radius 1 is 1.00 bits per heavy atom. The van der Waals surface area contributed by atoms with Crippen LogP contribution in [0.5, 0.6) is 0 Å². The fraction of sp³-hybridized carbons (Fsp3) is 0.250. The number of nitrogens with zero attached hydrogens (tertiary/aromatic N) is 1. The average molecular weight is 417 g/mol. The number of carbonyl (C=O) groups excluding carboxylic acids is 3. The molecule has 0 fully saturated rings. The first-order chi connectivity index (χ1) is 13.8. The molecule has 0 spiro atoms. The Labute approximate surface area is 171 Å². The third-order valence-electron chi connectivity index (χ3n) is 3.69. The van der Waals surface area contributed by atoms with Gasteiger partial charge in [0, 0.05) is 35.3 Å². The highest BCUT2D eigenvalue weighted by atomic mass is 32.2. The average Bonchev–Trinajstić information content (AvgIpc) is 2.70. The van der Waals surface area contributed by atoms with E-state index in [0.29, 0.717) is 23.5 Å². The zero-order valence-corrected chi connectivity index (χ0v) is 16.5. The fourth-order valence-electron chi connectivity index (χ4n) is 2.24. The van der Waals surface area contributed by atoms with Crippen molar-refractivity contribution in [2.75, 3.05) is 12.4 Å². The quantitative estimate of drug-likeness (QED) is 0.110. The maximum Gasteiger partial charge on any atom is 0.314 e. The maximum absolute atomic E-state index is 12.2. The van der Waals surface area contributed by atoms with E-state index >= 15 is 0 Å². The van der Waals surface area contributed by atoms with Crippen molar-refractivity contribution >= 4 is 35.2 Å². The molecule has 2 aromatic carbocycles. The SMILES string of the molecule is CC(=O)OCCSc1ccc(C(=O)CC(=O)OCc2ccc([N+](=O)[O-])cc2)cc1. The molecule has 0 bridgehead atoms. The normalized spacial score (nSPS) is 10.2. The number of ether oxygens (including phenoxy) is 2. The minimum Gasteiger partial charge on any atom is -0.465 e. The maximum atomic E-state index is 12.2. The number of Topliss-reactive ketones (excluding diaryl/α,β-unsaturated/α-hetero) is 1. The van der Waals surface area contributed by atoms with E-state index in [-0.39, 0.29) is 24.0 Å². The van der Waals surface area contributed by atoms with Crippen molar-refractivity contribution in [1.82, 2.24) is 0 Å². The van der Waals surface area contributed by atoms with Crippen molar-refractivity contribution in [3.63, 3.8) is 0 Å². The molecule has 0 atom stereocenters. The second-order valence-electron chi connectivity index (χ2n) is 5.90. The highest BCUT2D eigenvalue weighted by Crippen LogP contribution is 2.19. The van der Waals surface area contributed by atoms with Gasteiger partial charge in [0.25, 0.3) is 5.69 Å². The van der Waals surface area contributed by atoms with E-state index in [1.807, 2.05) is 0 Å². The number of carbonyl (C=O) groups is 3. The van der Waals surface area contributed by atoms with Gasteiger partial charge < -0.3 is 9.47 Å². The largest absolute Gasteiger partial charge is 0.465 e. The third-order valence-corrected chi connectivity index (χ3v) is 4.66. The summed E-state index contributed by atoms with van der Waals surface area (Å²) in [7, 11) is 0. The topological polar surface area (TPSA) is 113 Å². The smallest absolute Gasteiger partial charge is 0.314 e. The van der Waals surface area contributed by atoms with Gasteiger partial charge in [-0.05, 0) is 29.8 Å². The summed E-state index contributed by atoms with van der Waals surface area (Å²) in [6.07, 6.45) is -0.397. The van der Waals surface area contributed by atoms with E-state index < -0.39 is 17.3 Å². The van der Waals surface area contributed by atoms with Crippen LogP contribution in [0.15, 0.2) is 53.4 Å². The van der Waals surface area contributed by atoms with E-state index in [9.17, 15) is 24.5 Å². The molecular formula is C20H19NO7S. The molecule has 0 aliphatic heterocycles. The van der Waals surface area contributed by atoms with Gasteiger partial charge in [-0.3, -0.25) is 24.5 Å². The summed E-state index contributed by atoms with van der Waals surface area (Å²) in [5.74, 6) is -0.766. The molecular weight excluding hydrogens is 398 g/mol. The van der Waals surface area contributed by atoms with Crippen molar-refractivity contribution < 1.29 is 28.8 Å². The fourth-order valence-corrected chi connectivity index (χ4v) is 2.97. The van der Waals surface area contributed by atoms with Crippen LogP contribution in [0.3, 0.4) is 0 Å². The number of nitro groups is 1. The van der Waals surface area contributed by atoms with Crippen molar-refractivity contribution in [3.05, 3.63) is 69.8 Å². The zero-order chi connectivity index (χ0) is 21.2. The van der Waals surface area contributed by atoms with Gasteiger partial charge >= 0.3 is 11.9 Å². The van der Waals surface area contributed by atoms with Gasteiger partial charge in [-0.1, -0.05) is 12.1 Å². The summed E-state index contributed by atoms with van der Waals surface area (Å²) in [6.45, 7) is 1.59. The molecule has 0 unspecified atom stereocenters. The molecule has 9 heteroatoms. The summed E-state index contributed by atoms with van der Waals surface area (Å²) >= 11 is 1.48. The van der Waals surface area contributed by atoms with Gasteiger partial charge in [0.15, 0.2) is 5.78 Å². The van der Waals surface area contributed by atoms with E-state index in [0.717, 1.165) is 4.90 Å². The number of rotatable bonds is 10. The van der Waals surface area contributed by atoms with Crippen LogP contribution in [0.2, 0.25) is 0 Å². The van der Waals surface area contributed by atoms with Gasteiger partial charge in [0.2, 0.25) is 0 Å². The van der Waals surface area contributed by atoms with E-state index in [1.54, 1.807) is 24.3 Å². The van der Waals surface area contributed by atoms with Crippen LogP contribution < -0.4 is 0 Å². The molecule has 0 radical (unpaired) electrons. The minimum absolute atomic E-state index is 0.0526. The number of nitro benzene ring substituents is 1. The first-order valence-electron chi connectivity index (χ1n) is 8.63. The number of hydrogen-bond acceptors (Lipinski definition) is 8. The molecule has 0 N–H and O–H groups in total. The summed E-state index contributed by atoms with van der Waals surface area (Å²) in [6, 6.07) is 12.4. The number of thioether (sulfide) groups is 1. The lowest BCUT2D eigenvalue weighted by Gasteiger charge is -2.06. The Kier molecular flexibility index (Phi) is 8.35. The molecule has 0 saturated heterocycles. The standard InChI is InChI=1S/C20H19NO7S/c1-14(22)27-10-11-29-18-8-4-16(5-9-18)19(23)12-20(24)28-13-15-2-6-17(7-3-15)21(25)26/h2-9H,10-13H2,1H3. The lowest BCUT2D eigenvalue weighted by atomic mass is 10.1. The number of benzene rings is 2. The predicted octanol–water partition coefficient (Wildman–Crippen LogP) is 3.57. The predicted molar refractivity (Wildman–Crippen MR) is 106 cm³/mol. The Balaban J connectivity index is 1.77.